The van der Waals surface area contributed by atoms with Gasteiger partial charge in [-0.2, -0.15) is 0 Å². The highest BCUT2D eigenvalue weighted by atomic mass is 19.1. The molecule has 1 aromatic carbocycles. The predicted octanol–water partition coefficient (Wildman–Crippen LogP) is 2.21. The first kappa shape index (κ1) is 8.23. The van der Waals surface area contributed by atoms with Gasteiger partial charge in [-0.25, -0.2) is 4.39 Å². The molecule has 0 radical (unpaired) electrons. The number of halogens is 1. The molecule has 0 aliphatic carbocycles. The number of fused-ring (bicyclic) bond motifs is 1. The third kappa shape index (κ3) is 1.30. The Hall–Kier alpha value is -1.38. The van der Waals surface area contributed by atoms with E-state index >= 15 is 0 Å². The number of rotatable bonds is 0. The first-order valence-electron chi connectivity index (χ1n) is 4.26. The van der Waals surface area contributed by atoms with E-state index in [1.165, 1.54) is 6.07 Å². The Morgan fingerprint density at radius 3 is 3.08 bits per heavy atom. The second-order valence-electron chi connectivity index (χ2n) is 3.34. The Kier molecular flexibility index (Phi) is 1.79. The molecule has 0 fully saturated rings. The zero-order valence-electron chi connectivity index (χ0n) is 7.30. The highest BCUT2D eigenvalue weighted by Gasteiger charge is 2.23. The molecule has 0 amide bonds. The van der Waals surface area contributed by atoms with Crippen molar-refractivity contribution in [2.75, 3.05) is 5.32 Å². The van der Waals surface area contributed by atoms with Crippen LogP contribution in [0.2, 0.25) is 0 Å². The second-order valence-corrected chi connectivity index (χ2v) is 3.34. The van der Waals surface area contributed by atoms with Crippen molar-refractivity contribution < 1.29 is 9.18 Å². The maximum atomic E-state index is 13.2. The molecular weight excluding hydrogens is 169 g/mol. The lowest BCUT2D eigenvalue weighted by Crippen LogP contribution is -2.27. The molecule has 0 saturated heterocycles. The Labute approximate surface area is 75.8 Å². The molecule has 3 heteroatoms. The van der Waals surface area contributed by atoms with Gasteiger partial charge in [-0.15, -0.1) is 0 Å². The van der Waals surface area contributed by atoms with Gasteiger partial charge in [0.15, 0.2) is 5.78 Å². The van der Waals surface area contributed by atoms with E-state index in [2.05, 4.69) is 5.32 Å². The largest absolute Gasteiger partial charge is 0.379 e. The summed E-state index contributed by atoms with van der Waals surface area (Å²) in [7, 11) is 0. The molecule has 1 N–H and O–H groups in total. The van der Waals surface area contributed by atoms with E-state index in [-0.39, 0.29) is 17.6 Å². The highest BCUT2D eigenvalue weighted by Crippen LogP contribution is 2.26. The molecule has 1 aliphatic heterocycles. The first-order chi connectivity index (χ1) is 6.18. The quantitative estimate of drug-likeness (QED) is 0.661. The van der Waals surface area contributed by atoms with Gasteiger partial charge in [-0.05, 0) is 19.1 Å². The Balaban J connectivity index is 2.55. The fraction of sp³-hybridized carbons (Fsp3) is 0.300. The lowest BCUT2D eigenvalue weighted by Gasteiger charge is -2.23. The molecule has 68 valence electrons. The average Bonchev–Trinajstić information content (AvgIpc) is 2.07. The molecule has 1 unspecified atom stereocenters. The zero-order chi connectivity index (χ0) is 9.42. The minimum atomic E-state index is -0.350. The summed E-state index contributed by atoms with van der Waals surface area (Å²) in [5, 5.41) is 2.96. The van der Waals surface area contributed by atoms with Crippen molar-refractivity contribution in [1.82, 2.24) is 0 Å². The third-order valence-electron chi connectivity index (χ3n) is 2.20. The maximum Gasteiger partial charge on any atom is 0.167 e. The van der Waals surface area contributed by atoms with E-state index in [1.54, 1.807) is 12.1 Å². The van der Waals surface area contributed by atoms with Crippen molar-refractivity contribution in [2.45, 2.75) is 19.4 Å². The van der Waals surface area contributed by atoms with Crippen LogP contribution in [-0.4, -0.2) is 11.8 Å². The van der Waals surface area contributed by atoms with Crippen molar-refractivity contribution >= 4 is 11.5 Å². The van der Waals surface area contributed by atoms with E-state index < -0.39 is 0 Å². The van der Waals surface area contributed by atoms with Crippen LogP contribution < -0.4 is 5.32 Å². The summed E-state index contributed by atoms with van der Waals surface area (Å²) in [5.74, 6) is -0.335. The van der Waals surface area contributed by atoms with Gasteiger partial charge in [0.2, 0.25) is 0 Å². The van der Waals surface area contributed by atoms with Crippen molar-refractivity contribution in [3.63, 3.8) is 0 Å². The summed E-state index contributed by atoms with van der Waals surface area (Å²) in [6.07, 6.45) is 0.441. The minimum Gasteiger partial charge on any atom is -0.379 e. The normalized spacial score (nSPS) is 20.8. The van der Waals surface area contributed by atoms with E-state index in [9.17, 15) is 9.18 Å². The topological polar surface area (TPSA) is 29.1 Å². The molecule has 0 saturated carbocycles. The summed E-state index contributed by atoms with van der Waals surface area (Å²) in [6.45, 7) is 1.87. The smallest absolute Gasteiger partial charge is 0.167 e. The SMILES string of the molecule is CC1CC(=O)c2cccc(F)c2N1. The Bertz CT molecular complexity index is 362. The van der Waals surface area contributed by atoms with Gasteiger partial charge in [-0.1, -0.05) is 6.07 Å². The van der Waals surface area contributed by atoms with Crippen LogP contribution in [0.4, 0.5) is 10.1 Å². The molecule has 1 aliphatic rings. The van der Waals surface area contributed by atoms with Gasteiger partial charge in [0, 0.05) is 18.0 Å². The van der Waals surface area contributed by atoms with E-state index in [0.717, 1.165) is 0 Å². The van der Waals surface area contributed by atoms with E-state index in [0.29, 0.717) is 17.7 Å². The molecular formula is C10H10FNO. The minimum absolute atomic E-state index is 0.0146. The van der Waals surface area contributed by atoms with Crippen LogP contribution in [-0.2, 0) is 0 Å². The van der Waals surface area contributed by atoms with Gasteiger partial charge in [0.25, 0.3) is 0 Å². The van der Waals surface area contributed by atoms with Crippen molar-refractivity contribution in [1.29, 1.82) is 0 Å². The molecule has 1 atom stereocenters. The maximum absolute atomic E-state index is 13.2. The number of Topliss-reactive ketones (excluding diaryl/α,β-unsaturated/α-hetero) is 1. The molecule has 0 aromatic heterocycles. The number of ketones is 1. The predicted molar refractivity (Wildman–Crippen MR) is 48.4 cm³/mol. The number of hydrogen-bond acceptors (Lipinski definition) is 2. The van der Waals surface area contributed by atoms with Gasteiger partial charge < -0.3 is 5.32 Å². The fourth-order valence-corrected chi connectivity index (χ4v) is 1.59. The van der Waals surface area contributed by atoms with Crippen molar-refractivity contribution in [3.05, 3.63) is 29.6 Å². The lowest BCUT2D eigenvalue weighted by molar-refractivity contribution is 0.0974. The number of nitrogens with one attached hydrogen (secondary N) is 1. The van der Waals surface area contributed by atoms with E-state index in [4.69, 9.17) is 0 Å². The number of hydrogen-bond donors (Lipinski definition) is 1. The number of carbonyl (C=O) groups is 1. The number of carbonyl (C=O) groups excluding carboxylic acids is 1. The summed E-state index contributed by atoms with van der Waals surface area (Å²) in [5.41, 5.74) is 0.823. The Morgan fingerprint density at radius 2 is 2.31 bits per heavy atom. The summed E-state index contributed by atoms with van der Waals surface area (Å²) in [6, 6.07) is 4.59. The number of benzene rings is 1. The molecule has 2 rings (SSSR count). The van der Waals surface area contributed by atoms with E-state index in [1.807, 2.05) is 6.92 Å². The van der Waals surface area contributed by atoms with Gasteiger partial charge in [0.1, 0.15) is 5.82 Å². The third-order valence-corrected chi connectivity index (χ3v) is 2.20. The zero-order valence-corrected chi connectivity index (χ0v) is 7.30. The van der Waals surface area contributed by atoms with Crippen LogP contribution in [0.5, 0.6) is 0 Å². The van der Waals surface area contributed by atoms with Crippen molar-refractivity contribution in [2.24, 2.45) is 0 Å². The standard InChI is InChI=1S/C10H10FNO/c1-6-5-9(13)7-3-2-4-8(11)10(7)12-6/h2-4,6,12H,5H2,1H3. The first-order valence-corrected chi connectivity index (χ1v) is 4.26. The summed E-state index contributed by atoms with van der Waals surface area (Å²) >= 11 is 0. The van der Waals surface area contributed by atoms with Gasteiger partial charge in [0.05, 0.1) is 5.69 Å². The number of anilines is 1. The molecule has 13 heavy (non-hydrogen) atoms. The molecule has 1 heterocycles. The van der Waals surface area contributed by atoms with Crippen LogP contribution in [0.1, 0.15) is 23.7 Å². The summed E-state index contributed by atoms with van der Waals surface area (Å²) in [4.78, 5) is 11.4. The number of para-hydroxylation sites is 1. The van der Waals surface area contributed by atoms with Gasteiger partial charge >= 0.3 is 0 Å². The van der Waals surface area contributed by atoms with Crippen LogP contribution >= 0.6 is 0 Å². The van der Waals surface area contributed by atoms with Crippen LogP contribution in [0, 0.1) is 5.82 Å². The lowest BCUT2D eigenvalue weighted by atomic mass is 9.97. The Morgan fingerprint density at radius 1 is 1.54 bits per heavy atom. The molecule has 0 spiro atoms. The van der Waals surface area contributed by atoms with Crippen LogP contribution in [0.25, 0.3) is 0 Å². The summed E-state index contributed by atoms with van der Waals surface area (Å²) < 4.78 is 13.2. The fourth-order valence-electron chi connectivity index (χ4n) is 1.59. The second kappa shape index (κ2) is 2.83. The van der Waals surface area contributed by atoms with Gasteiger partial charge in [-0.3, -0.25) is 4.79 Å². The molecule has 0 bridgehead atoms. The average molecular weight is 179 g/mol. The van der Waals surface area contributed by atoms with Crippen LogP contribution in [0.15, 0.2) is 18.2 Å². The van der Waals surface area contributed by atoms with Crippen molar-refractivity contribution in [3.8, 4) is 0 Å². The monoisotopic (exact) mass is 179 g/mol. The highest BCUT2D eigenvalue weighted by molar-refractivity contribution is 6.03. The molecule has 1 aromatic rings. The molecule has 2 nitrogen and oxygen atoms in total. The van der Waals surface area contributed by atoms with Crippen LogP contribution in [0.3, 0.4) is 0 Å².